The van der Waals surface area contributed by atoms with Crippen molar-refractivity contribution < 1.29 is 9.63 Å². The van der Waals surface area contributed by atoms with Gasteiger partial charge in [-0.05, 0) is 38.4 Å². The Morgan fingerprint density at radius 2 is 2.35 bits per heavy atom. The van der Waals surface area contributed by atoms with E-state index in [1.807, 2.05) is 31.2 Å². The van der Waals surface area contributed by atoms with Crippen LogP contribution in [0.15, 0.2) is 28.8 Å². The summed E-state index contributed by atoms with van der Waals surface area (Å²) >= 11 is 0. The standard InChI is InChI=1S/C15H19N3O2/c1-11-4-2-5-12(8-11)15-16-14(17-20-15)10-18-7-3-6-13(19)9-18/h2,4-5,8,13,19H,3,6-7,9-10H2,1H3/t13-/m1/s1. The lowest BCUT2D eigenvalue weighted by Crippen LogP contribution is -2.37. The fourth-order valence-corrected chi connectivity index (χ4v) is 2.59. The molecular formula is C15H19N3O2. The van der Waals surface area contributed by atoms with Crippen molar-refractivity contribution in [2.75, 3.05) is 13.1 Å². The number of rotatable bonds is 3. The van der Waals surface area contributed by atoms with Crippen LogP contribution in [0.25, 0.3) is 11.5 Å². The number of benzene rings is 1. The highest BCUT2D eigenvalue weighted by Crippen LogP contribution is 2.19. The summed E-state index contributed by atoms with van der Waals surface area (Å²) in [4.78, 5) is 6.61. The van der Waals surface area contributed by atoms with Gasteiger partial charge in [-0.1, -0.05) is 22.9 Å². The Bertz CT molecular complexity index is 582. The Labute approximate surface area is 118 Å². The third-order valence-electron chi connectivity index (χ3n) is 3.58. The molecule has 1 aliphatic rings. The number of piperidine rings is 1. The maximum absolute atomic E-state index is 9.67. The van der Waals surface area contributed by atoms with Crippen LogP contribution < -0.4 is 0 Å². The van der Waals surface area contributed by atoms with Crippen molar-refractivity contribution in [3.8, 4) is 11.5 Å². The summed E-state index contributed by atoms with van der Waals surface area (Å²) in [5.74, 6) is 1.23. The van der Waals surface area contributed by atoms with Crippen molar-refractivity contribution >= 4 is 0 Å². The van der Waals surface area contributed by atoms with E-state index in [0.29, 0.717) is 24.8 Å². The van der Waals surface area contributed by atoms with Crippen LogP contribution in [0.2, 0.25) is 0 Å². The average molecular weight is 273 g/mol. The van der Waals surface area contributed by atoms with E-state index < -0.39 is 0 Å². The van der Waals surface area contributed by atoms with Crippen molar-refractivity contribution in [2.45, 2.75) is 32.4 Å². The molecule has 0 aliphatic carbocycles. The number of β-amino-alcohol motifs (C(OH)–C–C–N with tert-alkyl or cyclic N) is 1. The highest BCUT2D eigenvalue weighted by molar-refractivity contribution is 5.53. The first kappa shape index (κ1) is 13.3. The summed E-state index contributed by atoms with van der Waals surface area (Å²) < 4.78 is 5.32. The number of hydrogen-bond acceptors (Lipinski definition) is 5. The molecule has 20 heavy (non-hydrogen) atoms. The second-order valence-electron chi connectivity index (χ2n) is 5.42. The van der Waals surface area contributed by atoms with Gasteiger partial charge in [0.25, 0.3) is 5.89 Å². The van der Waals surface area contributed by atoms with Crippen molar-refractivity contribution in [3.63, 3.8) is 0 Å². The molecule has 5 heteroatoms. The fourth-order valence-electron chi connectivity index (χ4n) is 2.59. The number of aromatic nitrogens is 2. The van der Waals surface area contributed by atoms with Crippen molar-refractivity contribution in [1.29, 1.82) is 0 Å². The van der Waals surface area contributed by atoms with Gasteiger partial charge >= 0.3 is 0 Å². The number of aliphatic hydroxyl groups excluding tert-OH is 1. The summed E-state index contributed by atoms with van der Waals surface area (Å²) in [7, 11) is 0. The third-order valence-corrected chi connectivity index (χ3v) is 3.58. The molecule has 1 saturated heterocycles. The first-order valence-corrected chi connectivity index (χ1v) is 7.01. The van der Waals surface area contributed by atoms with E-state index in [2.05, 4.69) is 15.0 Å². The van der Waals surface area contributed by atoms with Gasteiger partial charge in [0.1, 0.15) is 0 Å². The van der Waals surface area contributed by atoms with Crippen LogP contribution in [-0.4, -0.2) is 39.3 Å². The van der Waals surface area contributed by atoms with E-state index >= 15 is 0 Å². The average Bonchev–Trinajstić information content (AvgIpc) is 2.87. The molecule has 1 atom stereocenters. The minimum atomic E-state index is -0.230. The smallest absolute Gasteiger partial charge is 0.257 e. The van der Waals surface area contributed by atoms with E-state index in [0.717, 1.165) is 24.9 Å². The predicted molar refractivity (Wildman–Crippen MR) is 75.0 cm³/mol. The van der Waals surface area contributed by atoms with Gasteiger partial charge in [-0.2, -0.15) is 4.98 Å². The molecule has 5 nitrogen and oxygen atoms in total. The molecule has 106 valence electrons. The molecule has 1 N–H and O–H groups in total. The molecule has 2 heterocycles. The van der Waals surface area contributed by atoms with Crippen LogP contribution in [0, 0.1) is 6.92 Å². The Morgan fingerprint density at radius 3 is 3.15 bits per heavy atom. The lowest BCUT2D eigenvalue weighted by molar-refractivity contribution is 0.0651. The van der Waals surface area contributed by atoms with Crippen LogP contribution in [0.5, 0.6) is 0 Å². The molecule has 1 fully saturated rings. The summed E-state index contributed by atoms with van der Waals surface area (Å²) in [5, 5.41) is 13.7. The van der Waals surface area contributed by atoms with E-state index in [4.69, 9.17) is 4.52 Å². The second-order valence-corrected chi connectivity index (χ2v) is 5.42. The molecule has 3 rings (SSSR count). The van der Waals surface area contributed by atoms with Gasteiger partial charge in [0.15, 0.2) is 5.82 Å². The maximum atomic E-state index is 9.67. The van der Waals surface area contributed by atoms with E-state index in [1.54, 1.807) is 0 Å². The highest BCUT2D eigenvalue weighted by atomic mass is 16.5. The van der Waals surface area contributed by atoms with Gasteiger partial charge in [-0.3, -0.25) is 4.90 Å². The molecular weight excluding hydrogens is 254 g/mol. The first-order chi connectivity index (χ1) is 9.70. The van der Waals surface area contributed by atoms with Crippen LogP contribution in [-0.2, 0) is 6.54 Å². The van der Waals surface area contributed by atoms with Crippen LogP contribution in [0.3, 0.4) is 0 Å². The number of likely N-dealkylation sites (tertiary alicyclic amines) is 1. The molecule has 0 bridgehead atoms. The minimum absolute atomic E-state index is 0.230. The number of aryl methyl sites for hydroxylation is 1. The molecule has 0 amide bonds. The van der Waals surface area contributed by atoms with Gasteiger partial charge in [0, 0.05) is 12.1 Å². The molecule has 1 aliphatic heterocycles. The molecule has 0 unspecified atom stereocenters. The highest BCUT2D eigenvalue weighted by Gasteiger charge is 2.19. The van der Waals surface area contributed by atoms with Crippen molar-refractivity contribution in [3.05, 3.63) is 35.7 Å². The predicted octanol–water partition coefficient (Wildman–Crippen LogP) is 2.00. The Hall–Kier alpha value is -1.72. The van der Waals surface area contributed by atoms with Crippen LogP contribution in [0.1, 0.15) is 24.2 Å². The quantitative estimate of drug-likeness (QED) is 0.926. The lowest BCUT2D eigenvalue weighted by atomic mass is 10.1. The van der Waals surface area contributed by atoms with Gasteiger partial charge in [0.2, 0.25) is 0 Å². The molecule has 1 aromatic heterocycles. The zero-order chi connectivity index (χ0) is 13.9. The number of nitrogens with zero attached hydrogens (tertiary/aromatic N) is 3. The topological polar surface area (TPSA) is 62.4 Å². The molecule has 0 spiro atoms. The SMILES string of the molecule is Cc1cccc(-c2nc(CN3CCC[C@@H](O)C3)no2)c1. The first-order valence-electron chi connectivity index (χ1n) is 7.01. The molecule has 1 aromatic carbocycles. The third kappa shape index (κ3) is 3.05. The fraction of sp³-hybridized carbons (Fsp3) is 0.467. The normalized spacial score (nSPS) is 20.2. The Kier molecular flexibility index (Phi) is 3.80. The van der Waals surface area contributed by atoms with E-state index in [1.165, 1.54) is 5.56 Å². The Morgan fingerprint density at radius 1 is 1.45 bits per heavy atom. The minimum Gasteiger partial charge on any atom is -0.392 e. The summed E-state index contributed by atoms with van der Waals surface area (Å²) in [6, 6.07) is 8.02. The molecule has 0 radical (unpaired) electrons. The summed E-state index contributed by atoms with van der Waals surface area (Å²) in [6.07, 6.45) is 1.67. The van der Waals surface area contributed by atoms with Gasteiger partial charge < -0.3 is 9.63 Å². The van der Waals surface area contributed by atoms with Gasteiger partial charge in [-0.25, -0.2) is 0 Å². The maximum Gasteiger partial charge on any atom is 0.257 e. The monoisotopic (exact) mass is 273 g/mol. The van der Waals surface area contributed by atoms with Gasteiger partial charge in [-0.15, -0.1) is 0 Å². The van der Waals surface area contributed by atoms with E-state index in [-0.39, 0.29) is 6.10 Å². The van der Waals surface area contributed by atoms with Crippen LogP contribution >= 0.6 is 0 Å². The van der Waals surface area contributed by atoms with E-state index in [9.17, 15) is 5.11 Å². The van der Waals surface area contributed by atoms with Gasteiger partial charge in [0.05, 0.1) is 12.6 Å². The Balaban J connectivity index is 1.70. The molecule has 0 saturated carbocycles. The zero-order valence-electron chi connectivity index (χ0n) is 11.6. The van der Waals surface area contributed by atoms with Crippen LogP contribution in [0.4, 0.5) is 0 Å². The largest absolute Gasteiger partial charge is 0.392 e. The zero-order valence-corrected chi connectivity index (χ0v) is 11.6. The lowest BCUT2D eigenvalue weighted by Gasteiger charge is -2.28. The second kappa shape index (κ2) is 5.73. The van der Waals surface area contributed by atoms with Crippen molar-refractivity contribution in [1.82, 2.24) is 15.0 Å². The number of aliphatic hydroxyl groups is 1. The molecule has 2 aromatic rings. The van der Waals surface area contributed by atoms with Crippen molar-refractivity contribution in [2.24, 2.45) is 0 Å². The summed E-state index contributed by atoms with van der Waals surface area (Å²) in [6.45, 7) is 4.34. The number of hydrogen-bond donors (Lipinski definition) is 1. The summed E-state index contributed by atoms with van der Waals surface area (Å²) in [5.41, 5.74) is 2.11.